The quantitative estimate of drug-likeness (QED) is 0.453. The summed E-state index contributed by atoms with van der Waals surface area (Å²) in [5, 5.41) is 3.68. The Morgan fingerprint density at radius 2 is 1.69 bits per heavy atom. The maximum atomic E-state index is 13.5. The Bertz CT molecular complexity index is 1140. The van der Waals surface area contributed by atoms with Gasteiger partial charge in [0.25, 0.3) is 0 Å². The van der Waals surface area contributed by atoms with E-state index in [9.17, 15) is 18.0 Å². The van der Waals surface area contributed by atoms with Crippen LogP contribution in [-0.2, 0) is 26.2 Å². The summed E-state index contributed by atoms with van der Waals surface area (Å²) in [7, 11) is -2.56. The van der Waals surface area contributed by atoms with Crippen molar-refractivity contribution in [1.29, 1.82) is 0 Å². The van der Waals surface area contributed by atoms with Gasteiger partial charge in [0.2, 0.25) is 21.8 Å². The number of aryl methyl sites for hydroxylation is 1. The molecule has 2 amide bonds. The molecule has 2 aromatic rings. The molecule has 0 aromatic heterocycles. The zero-order valence-electron chi connectivity index (χ0n) is 20.7. The average molecular weight is 543 g/mol. The first-order chi connectivity index (χ1) is 16.4. The fourth-order valence-corrected chi connectivity index (χ4v) is 5.02. The van der Waals surface area contributed by atoms with E-state index in [4.69, 9.17) is 23.2 Å². The summed E-state index contributed by atoms with van der Waals surface area (Å²) >= 11 is 12.4. The molecule has 2 aromatic carbocycles. The molecule has 0 bridgehead atoms. The lowest BCUT2D eigenvalue weighted by molar-refractivity contribution is -0.141. The predicted octanol–water partition coefficient (Wildman–Crippen LogP) is 4.50. The van der Waals surface area contributed by atoms with Gasteiger partial charge in [0.05, 0.1) is 11.4 Å². The Hall–Kier alpha value is -2.13. The van der Waals surface area contributed by atoms with Gasteiger partial charge in [-0.25, -0.2) is 8.42 Å². The summed E-state index contributed by atoms with van der Waals surface area (Å²) in [6, 6.07) is 10.5. The molecule has 10 heteroatoms. The number of rotatable bonds is 11. The SMILES string of the molecule is CC[C@@H](C(=O)NCC(C)C)N(Cc1ccc(Cl)cc1Cl)C(=O)CN(C)S(=O)(=O)c1ccc(C)cc1. The molecule has 0 heterocycles. The van der Waals surface area contributed by atoms with Gasteiger partial charge in [-0.2, -0.15) is 4.31 Å². The van der Waals surface area contributed by atoms with Crippen molar-refractivity contribution in [3.63, 3.8) is 0 Å². The Morgan fingerprint density at radius 3 is 2.23 bits per heavy atom. The predicted molar refractivity (Wildman–Crippen MR) is 140 cm³/mol. The highest BCUT2D eigenvalue weighted by Gasteiger charge is 2.32. The third kappa shape index (κ3) is 7.93. The van der Waals surface area contributed by atoms with Crippen LogP contribution < -0.4 is 5.32 Å². The molecule has 35 heavy (non-hydrogen) atoms. The van der Waals surface area contributed by atoms with Crippen molar-refractivity contribution in [1.82, 2.24) is 14.5 Å². The van der Waals surface area contributed by atoms with Crippen LogP contribution in [0.15, 0.2) is 47.4 Å². The Labute approximate surface area is 218 Å². The summed E-state index contributed by atoms with van der Waals surface area (Å²) in [4.78, 5) is 28.0. The first-order valence-electron chi connectivity index (χ1n) is 11.4. The van der Waals surface area contributed by atoms with Gasteiger partial charge >= 0.3 is 0 Å². The standard InChI is InChI=1S/C25H33Cl2N3O4S/c1-6-23(25(32)28-14-17(2)3)30(15-19-9-10-20(26)13-22(19)27)24(31)16-29(5)35(33,34)21-11-7-18(4)8-12-21/h7-13,17,23H,6,14-16H2,1-5H3,(H,28,32)/t23-/m0/s1. The second-order valence-electron chi connectivity index (χ2n) is 8.89. The third-order valence-corrected chi connectivity index (χ3v) is 7.92. The van der Waals surface area contributed by atoms with Gasteiger partial charge in [0, 0.05) is 30.2 Å². The molecule has 1 N–H and O–H groups in total. The van der Waals surface area contributed by atoms with Gasteiger partial charge in [-0.05, 0) is 49.1 Å². The van der Waals surface area contributed by atoms with Crippen molar-refractivity contribution in [2.75, 3.05) is 20.1 Å². The number of amides is 2. The van der Waals surface area contributed by atoms with Crippen LogP contribution in [0.1, 0.15) is 38.3 Å². The van der Waals surface area contributed by atoms with Crippen LogP contribution in [0.2, 0.25) is 10.0 Å². The average Bonchev–Trinajstić information content (AvgIpc) is 2.79. The minimum absolute atomic E-state index is 0.0286. The summed E-state index contributed by atoms with van der Waals surface area (Å²) in [6.07, 6.45) is 0.343. The maximum Gasteiger partial charge on any atom is 0.243 e. The van der Waals surface area contributed by atoms with Crippen molar-refractivity contribution in [3.8, 4) is 0 Å². The topological polar surface area (TPSA) is 86.8 Å². The second-order valence-corrected chi connectivity index (χ2v) is 11.8. The molecule has 7 nitrogen and oxygen atoms in total. The molecular weight excluding hydrogens is 509 g/mol. The third-order valence-electron chi connectivity index (χ3n) is 5.51. The molecule has 0 aliphatic heterocycles. The van der Waals surface area contributed by atoms with Crippen LogP contribution in [0.3, 0.4) is 0 Å². The zero-order valence-corrected chi connectivity index (χ0v) is 23.0. The molecule has 0 fully saturated rings. The van der Waals surface area contributed by atoms with Crippen molar-refractivity contribution in [2.45, 2.75) is 51.6 Å². The number of nitrogens with one attached hydrogen (secondary N) is 1. The molecule has 1 atom stereocenters. The number of likely N-dealkylation sites (N-methyl/N-ethyl adjacent to an activating group) is 1. The Kier molecular flexibility index (Phi) is 10.6. The molecule has 0 unspecified atom stereocenters. The van der Waals surface area contributed by atoms with Crippen LogP contribution in [0, 0.1) is 12.8 Å². The smallest absolute Gasteiger partial charge is 0.243 e. The number of benzene rings is 2. The molecular formula is C25H33Cl2N3O4S. The molecule has 0 aliphatic carbocycles. The largest absolute Gasteiger partial charge is 0.354 e. The van der Waals surface area contributed by atoms with Crippen LogP contribution in [0.5, 0.6) is 0 Å². The van der Waals surface area contributed by atoms with Gasteiger partial charge in [-0.1, -0.05) is 67.7 Å². The van der Waals surface area contributed by atoms with E-state index in [0.717, 1.165) is 9.87 Å². The highest BCUT2D eigenvalue weighted by molar-refractivity contribution is 7.89. The van der Waals surface area contributed by atoms with Crippen LogP contribution in [0.4, 0.5) is 0 Å². The lowest BCUT2D eigenvalue weighted by Gasteiger charge is -2.32. The van der Waals surface area contributed by atoms with Gasteiger partial charge in [-0.3, -0.25) is 9.59 Å². The first kappa shape index (κ1) is 29.1. The zero-order chi connectivity index (χ0) is 26.3. The van der Waals surface area contributed by atoms with E-state index >= 15 is 0 Å². The van der Waals surface area contributed by atoms with Gasteiger partial charge in [0.1, 0.15) is 6.04 Å². The molecule has 0 spiro atoms. The highest BCUT2D eigenvalue weighted by Crippen LogP contribution is 2.24. The minimum Gasteiger partial charge on any atom is -0.354 e. The Balaban J connectivity index is 2.35. The number of hydrogen-bond acceptors (Lipinski definition) is 4. The van der Waals surface area contributed by atoms with E-state index in [1.807, 2.05) is 20.8 Å². The number of nitrogens with zero attached hydrogens (tertiary/aromatic N) is 2. The van der Waals surface area contributed by atoms with Crippen molar-refractivity contribution in [2.24, 2.45) is 5.92 Å². The molecule has 0 radical (unpaired) electrons. The van der Waals surface area contributed by atoms with Gasteiger partial charge in [-0.15, -0.1) is 0 Å². The normalized spacial score (nSPS) is 12.6. The lowest BCUT2D eigenvalue weighted by atomic mass is 10.1. The van der Waals surface area contributed by atoms with Crippen molar-refractivity contribution in [3.05, 3.63) is 63.6 Å². The van der Waals surface area contributed by atoms with Crippen molar-refractivity contribution >= 4 is 45.0 Å². The summed E-state index contributed by atoms with van der Waals surface area (Å²) in [6.45, 7) is 7.66. The molecule has 2 rings (SSSR count). The number of carbonyl (C=O) groups excluding carboxylic acids is 2. The number of halogens is 2. The molecule has 192 valence electrons. The fraction of sp³-hybridized carbons (Fsp3) is 0.440. The molecule has 0 aliphatic rings. The van der Waals surface area contributed by atoms with Gasteiger partial charge < -0.3 is 10.2 Å². The summed E-state index contributed by atoms with van der Waals surface area (Å²) < 4.78 is 27.1. The highest BCUT2D eigenvalue weighted by atomic mass is 35.5. The number of hydrogen-bond donors (Lipinski definition) is 1. The van der Waals surface area contributed by atoms with E-state index in [0.29, 0.717) is 28.6 Å². The summed E-state index contributed by atoms with van der Waals surface area (Å²) in [5.74, 6) is -0.582. The lowest BCUT2D eigenvalue weighted by Crippen LogP contribution is -2.52. The van der Waals surface area contributed by atoms with E-state index in [-0.39, 0.29) is 23.3 Å². The van der Waals surface area contributed by atoms with Crippen LogP contribution in [-0.4, -0.2) is 55.6 Å². The van der Waals surface area contributed by atoms with Crippen molar-refractivity contribution < 1.29 is 18.0 Å². The summed E-state index contributed by atoms with van der Waals surface area (Å²) in [5.41, 5.74) is 1.52. The first-order valence-corrected chi connectivity index (χ1v) is 13.6. The van der Waals surface area contributed by atoms with Gasteiger partial charge in [0.15, 0.2) is 0 Å². The molecule has 0 saturated heterocycles. The number of carbonyl (C=O) groups is 2. The number of sulfonamides is 1. The van der Waals surface area contributed by atoms with E-state index in [1.54, 1.807) is 37.3 Å². The van der Waals surface area contributed by atoms with Crippen LogP contribution >= 0.6 is 23.2 Å². The fourth-order valence-electron chi connectivity index (χ4n) is 3.43. The van der Waals surface area contributed by atoms with E-state index in [2.05, 4.69) is 5.32 Å². The molecule has 0 saturated carbocycles. The van der Waals surface area contributed by atoms with Crippen LogP contribution in [0.25, 0.3) is 0 Å². The monoisotopic (exact) mass is 541 g/mol. The maximum absolute atomic E-state index is 13.5. The van der Waals surface area contributed by atoms with E-state index < -0.39 is 28.5 Å². The minimum atomic E-state index is -3.90. The Morgan fingerprint density at radius 1 is 1.06 bits per heavy atom. The van der Waals surface area contributed by atoms with E-state index in [1.165, 1.54) is 24.1 Å². The second kappa shape index (κ2) is 12.7.